The van der Waals surface area contributed by atoms with Gasteiger partial charge in [-0.1, -0.05) is 29.3 Å². The number of esters is 1. The number of hydrogen-bond acceptors (Lipinski definition) is 5. The van der Waals surface area contributed by atoms with E-state index < -0.39 is 12.1 Å². The summed E-state index contributed by atoms with van der Waals surface area (Å²) in [5.41, 5.74) is 1.40. The highest BCUT2D eigenvalue weighted by molar-refractivity contribution is 7.18. The third-order valence-corrected chi connectivity index (χ3v) is 5.92. The van der Waals surface area contributed by atoms with Crippen LogP contribution in [0.25, 0.3) is 10.2 Å². The number of carbonyl (C=O) groups is 1. The highest BCUT2D eigenvalue weighted by atomic mass is 35.5. The van der Waals surface area contributed by atoms with Crippen LogP contribution in [0.3, 0.4) is 0 Å². The first-order valence-corrected chi connectivity index (χ1v) is 9.47. The number of aromatic nitrogens is 2. The van der Waals surface area contributed by atoms with Gasteiger partial charge in [-0.3, -0.25) is 9.59 Å². The van der Waals surface area contributed by atoms with Crippen molar-refractivity contribution in [2.75, 3.05) is 0 Å². The van der Waals surface area contributed by atoms with Crippen molar-refractivity contribution in [3.05, 3.63) is 60.4 Å². The molecule has 0 amide bonds. The number of thiophene rings is 1. The number of aryl methyl sites for hydroxylation is 2. The number of hydrogen-bond donors (Lipinski definition) is 1. The number of benzene rings is 1. The van der Waals surface area contributed by atoms with Crippen molar-refractivity contribution in [3.8, 4) is 0 Å². The average molecular weight is 411 g/mol. The van der Waals surface area contributed by atoms with Crippen LogP contribution in [0.1, 0.15) is 34.9 Å². The first kappa shape index (κ1) is 18.9. The smallest absolute Gasteiger partial charge is 0.310 e. The maximum atomic E-state index is 12.3. The van der Waals surface area contributed by atoms with E-state index in [0.717, 1.165) is 10.4 Å². The molecule has 2 heterocycles. The zero-order valence-corrected chi connectivity index (χ0v) is 16.7. The molecule has 5 nitrogen and oxygen atoms in total. The second kappa shape index (κ2) is 7.39. The molecule has 1 aromatic carbocycles. The molecule has 0 saturated carbocycles. The Hall–Kier alpha value is -1.89. The number of nitrogens with one attached hydrogen (secondary N) is 1. The number of fused-ring (bicyclic) bond motifs is 1. The van der Waals surface area contributed by atoms with E-state index in [9.17, 15) is 9.59 Å². The van der Waals surface area contributed by atoms with Crippen LogP contribution < -0.4 is 5.56 Å². The van der Waals surface area contributed by atoms with Gasteiger partial charge in [0.05, 0.1) is 21.9 Å². The molecule has 0 bridgehead atoms. The van der Waals surface area contributed by atoms with Crippen molar-refractivity contribution >= 4 is 50.7 Å². The van der Waals surface area contributed by atoms with E-state index in [1.165, 1.54) is 11.3 Å². The molecule has 0 radical (unpaired) electrons. The highest BCUT2D eigenvalue weighted by Crippen LogP contribution is 2.27. The molecule has 3 rings (SSSR count). The van der Waals surface area contributed by atoms with Crippen LogP contribution in [0.5, 0.6) is 0 Å². The lowest BCUT2D eigenvalue weighted by atomic mass is 10.1. The van der Waals surface area contributed by atoms with Gasteiger partial charge < -0.3 is 9.72 Å². The van der Waals surface area contributed by atoms with Crippen LogP contribution >= 0.6 is 34.5 Å². The SMILES string of the molecule is Cc1sc2nc(C(C)OC(=O)Cc3ccc(Cl)c(Cl)c3)[nH]c(=O)c2c1C. The number of nitrogens with zero attached hydrogens (tertiary/aromatic N) is 1. The fraction of sp³-hybridized carbons (Fsp3) is 0.278. The monoisotopic (exact) mass is 410 g/mol. The average Bonchev–Trinajstić information content (AvgIpc) is 2.85. The Kier molecular flexibility index (Phi) is 5.37. The largest absolute Gasteiger partial charge is 0.454 e. The van der Waals surface area contributed by atoms with E-state index in [-0.39, 0.29) is 12.0 Å². The van der Waals surface area contributed by atoms with Crippen molar-refractivity contribution in [3.63, 3.8) is 0 Å². The molecule has 0 aliphatic heterocycles. The molecule has 0 aliphatic rings. The van der Waals surface area contributed by atoms with Gasteiger partial charge in [0.1, 0.15) is 4.83 Å². The summed E-state index contributed by atoms with van der Waals surface area (Å²) < 4.78 is 5.41. The summed E-state index contributed by atoms with van der Waals surface area (Å²) in [6.45, 7) is 5.51. The Morgan fingerprint density at radius 2 is 2.04 bits per heavy atom. The van der Waals surface area contributed by atoms with E-state index in [1.807, 2.05) is 13.8 Å². The highest BCUT2D eigenvalue weighted by Gasteiger charge is 2.18. The van der Waals surface area contributed by atoms with Gasteiger partial charge in [-0.05, 0) is 44.0 Å². The number of rotatable bonds is 4. The lowest BCUT2D eigenvalue weighted by molar-refractivity contribution is -0.148. The standard InChI is InChI=1S/C18H16Cl2N2O3S/c1-8-10(3)26-18-15(8)17(24)21-16(22-18)9(2)25-14(23)7-11-4-5-12(19)13(20)6-11/h4-6,9H,7H2,1-3H3,(H,21,22,24). The quantitative estimate of drug-likeness (QED) is 0.629. The molecular formula is C18H16Cl2N2O3S. The minimum absolute atomic E-state index is 0.0466. The summed E-state index contributed by atoms with van der Waals surface area (Å²) in [5, 5.41) is 1.39. The fourth-order valence-electron chi connectivity index (χ4n) is 2.57. The van der Waals surface area contributed by atoms with Crippen LogP contribution in [0.15, 0.2) is 23.0 Å². The Balaban J connectivity index is 1.78. The van der Waals surface area contributed by atoms with E-state index in [4.69, 9.17) is 27.9 Å². The van der Waals surface area contributed by atoms with Gasteiger partial charge >= 0.3 is 5.97 Å². The van der Waals surface area contributed by atoms with Crippen molar-refractivity contribution in [2.45, 2.75) is 33.3 Å². The zero-order valence-electron chi connectivity index (χ0n) is 14.4. The molecule has 8 heteroatoms. The van der Waals surface area contributed by atoms with Gasteiger partial charge in [0.2, 0.25) is 0 Å². The maximum absolute atomic E-state index is 12.3. The molecule has 2 aromatic heterocycles. The number of aromatic amines is 1. The summed E-state index contributed by atoms with van der Waals surface area (Å²) in [6, 6.07) is 4.97. The van der Waals surface area contributed by atoms with E-state index in [2.05, 4.69) is 9.97 Å². The summed E-state index contributed by atoms with van der Waals surface area (Å²) in [5.74, 6) is -0.122. The molecule has 0 aliphatic carbocycles. The van der Waals surface area contributed by atoms with Gasteiger partial charge in [-0.2, -0.15) is 0 Å². The molecule has 1 unspecified atom stereocenters. The second-order valence-corrected chi connectivity index (χ2v) is 7.99. The number of halogens is 2. The third-order valence-electron chi connectivity index (χ3n) is 4.08. The van der Waals surface area contributed by atoms with Gasteiger partial charge in [-0.15, -0.1) is 11.3 Å². The van der Waals surface area contributed by atoms with Gasteiger partial charge in [0.25, 0.3) is 5.56 Å². The molecular weight excluding hydrogens is 395 g/mol. The molecule has 1 atom stereocenters. The molecule has 0 fully saturated rings. The topological polar surface area (TPSA) is 72.0 Å². The third kappa shape index (κ3) is 3.77. The van der Waals surface area contributed by atoms with Crippen molar-refractivity contribution < 1.29 is 9.53 Å². The Morgan fingerprint density at radius 1 is 1.31 bits per heavy atom. The molecule has 136 valence electrons. The normalized spacial score (nSPS) is 12.3. The molecule has 0 spiro atoms. The predicted molar refractivity (Wildman–Crippen MR) is 104 cm³/mol. The minimum Gasteiger partial charge on any atom is -0.454 e. The molecule has 1 N–H and O–H groups in total. The van der Waals surface area contributed by atoms with E-state index in [1.54, 1.807) is 25.1 Å². The van der Waals surface area contributed by atoms with E-state index >= 15 is 0 Å². The van der Waals surface area contributed by atoms with Crippen LogP contribution in [-0.2, 0) is 16.0 Å². The Morgan fingerprint density at radius 3 is 2.73 bits per heavy atom. The summed E-state index contributed by atoms with van der Waals surface area (Å²) in [7, 11) is 0. The van der Waals surface area contributed by atoms with Gasteiger partial charge in [-0.25, -0.2) is 4.98 Å². The van der Waals surface area contributed by atoms with Crippen molar-refractivity contribution in [1.82, 2.24) is 9.97 Å². The first-order chi connectivity index (χ1) is 12.3. The lowest BCUT2D eigenvalue weighted by Crippen LogP contribution is -2.18. The van der Waals surface area contributed by atoms with Crippen molar-refractivity contribution in [2.24, 2.45) is 0 Å². The molecule has 3 aromatic rings. The van der Waals surface area contributed by atoms with Crippen LogP contribution in [0.4, 0.5) is 0 Å². The second-order valence-electron chi connectivity index (χ2n) is 5.97. The predicted octanol–water partition coefficient (Wildman–Crippen LogP) is 4.76. The maximum Gasteiger partial charge on any atom is 0.310 e. The first-order valence-electron chi connectivity index (χ1n) is 7.89. The Bertz CT molecular complexity index is 1060. The van der Waals surface area contributed by atoms with E-state index in [0.29, 0.717) is 31.6 Å². The Labute approximate surface area is 163 Å². The zero-order chi connectivity index (χ0) is 19.0. The van der Waals surface area contributed by atoms with Gasteiger partial charge in [0.15, 0.2) is 11.9 Å². The molecule has 26 heavy (non-hydrogen) atoms. The number of carbonyl (C=O) groups excluding carboxylic acids is 1. The lowest BCUT2D eigenvalue weighted by Gasteiger charge is -2.13. The summed E-state index contributed by atoms with van der Waals surface area (Å²) in [4.78, 5) is 33.4. The minimum atomic E-state index is -0.676. The fourth-order valence-corrected chi connectivity index (χ4v) is 3.93. The van der Waals surface area contributed by atoms with Crippen molar-refractivity contribution in [1.29, 1.82) is 0 Å². The number of H-pyrrole nitrogens is 1. The summed E-state index contributed by atoms with van der Waals surface area (Å²) in [6.07, 6.45) is -0.629. The van der Waals surface area contributed by atoms with Crippen LogP contribution in [-0.4, -0.2) is 15.9 Å². The number of ether oxygens (including phenoxy) is 1. The summed E-state index contributed by atoms with van der Waals surface area (Å²) >= 11 is 13.3. The molecule has 0 saturated heterocycles. The van der Waals surface area contributed by atoms with Crippen LogP contribution in [0, 0.1) is 13.8 Å². The van der Waals surface area contributed by atoms with Gasteiger partial charge in [0, 0.05) is 4.88 Å². The van der Waals surface area contributed by atoms with Crippen LogP contribution in [0.2, 0.25) is 10.0 Å².